The molecule has 0 saturated carbocycles. The highest BCUT2D eigenvalue weighted by atomic mass is 16.5. The average Bonchev–Trinajstić information content (AvgIpc) is 2.29. The molecule has 0 heterocycles. The Morgan fingerprint density at radius 1 is 1.12 bits per heavy atom. The molecule has 5 N–H and O–H groups in total. The zero-order valence-corrected chi connectivity index (χ0v) is 9.41. The Hall–Kier alpha value is -1.55. The normalized spacial score (nSPS) is 10.1. The molecule has 0 atom stereocenters. The molecule has 88 valence electrons. The van der Waals surface area contributed by atoms with Crippen molar-refractivity contribution in [2.24, 2.45) is 11.5 Å². The highest BCUT2D eigenvalue weighted by molar-refractivity contribution is 5.94. The van der Waals surface area contributed by atoms with Crippen molar-refractivity contribution in [3.63, 3.8) is 0 Å². The van der Waals surface area contributed by atoms with Crippen molar-refractivity contribution in [2.75, 3.05) is 13.2 Å². The van der Waals surface area contributed by atoms with E-state index < -0.39 is 0 Å². The Labute approximate surface area is 96.1 Å². The first-order valence-corrected chi connectivity index (χ1v) is 5.51. The third-order valence-corrected chi connectivity index (χ3v) is 2.28. The molecule has 0 fully saturated rings. The number of rotatable bonds is 7. The molecule has 0 radical (unpaired) electrons. The second-order valence-corrected chi connectivity index (χ2v) is 3.64. The number of amidine groups is 1. The van der Waals surface area contributed by atoms with Crippen LogP contribution in [0.25, 0.3) is 0 Å². The number of hydrogen-bond acceptors (Lipinski definition) is 3. The Morgan fingerprint density at radius 2 is 1.81 bits per heavy atom. The maximum Gasteiger partial charge on any atom is 0.122 e. The van der Waals surface area contributed by atoms with E-state index in [0.29, 0.717) is 6.61 Å². The second-order valence-electron chi connectivity index (χ2n) is 3.64. The zero-order chi connectivity index (χ0) is 11.8. The Bertz CT molecular complexity index is 322. The van der Waals surface area contributed by atoms with Gasteiger partial charge in [0.1, 0.15) is 11.6 Å². The Morgan fingerprint density at radius 3 is 2.38 bits per heavy atom. The third kappa shape index (κ3) is 4.31. The summed E-state index contributed by atoms with van der Waals surface area (Å²) in [5.74, 6) is 0.896. The van der Waals surface area contributed by atoms with E-state index in [2.05, 4.69) is 0 Å². The van der Waals surface area contributed by atoms with Crippen LogP contribution >= 0.6 is 0 Å². The van der Waals surface area contributed by atoms with Gasteiger partial charge in [0.2, 0.25) is 0 Å². The molecule has 16 heavy (non-hydrogen) atoms. The second kappa shape index (κ2) is 6.85. The molecule has 1 aromatic rings. The molecule has 0 unspecified atom stereocenters. The standard InChI is InChI=1S/C12H19N3O/c13-8-2-1-3-9-16-11-6-4-10(5-7-11)12(14)15/h4-7H,1-3,8-9,13H2,(H3,14,15). The Kier molecular flexibility index (Phi) is 5.36. The van der Waals surface area contributed by atoms with Crippen molar-refractivity contribution in [3.8, 4) is 5.75 Å². The van der Waals surface area contributed by atoms with Gasteiger partial charge in [-0.3, -0.25) is 5.41 Å². The fourth-order valence-corrected chi connectivity index (χ4v) is 1.34. The topological polar surface area (TPSA) is 85.1 Å². The molecule has 0 spiro atoms. The number of benzene rings is 1. The number of nitrogens with two attached hydrogens (primary N) is 2. The summed E-state index contributed by atoms with van der Waals surface area (Å²) in [5, 5.41) is 7.25. The predicted octanol–water partition coefficient (Wildman–Crippen LogP) is 1.48. The maximum absolute atomic E-state index is 7.25. The summed E-state index contributed by atoms with van der Waals surface area (Å²) in [6.07, 6.45) is 3.17. The molecule has 1 aromatic carbocycles. The van der Waals surface area contributed by atoms with Gasteiger partial charge in [-0.05, 0) is 50.1 Å². The van der Waals surface area contributed by atoms with E-state index in [0.717, 1.165) is 37.1 Å². The largest absolute Gasteiger partial charge is 0.494 e. The van der Waals surface area contributed by atoms with E-state index in [1.165, 1.54) is 0 Å². The highest BCUT2D eigenvalue weighted by Crippen LogP contribution is 2.12. The first kappa shape index (κ1) is 12.5. The number of ether oxygens (including phenoxy) is 1. The van der Waals surface area contributed by atoms with Crippen molar-refractivity contribution in [3.05, 3.63) is 29.8 Å². The highest BCUT2D eigenvalue weighted by Gasteiger charge is 1.97. The molecule has 0 aliphatic heterocycles. The van der Waals surface area contributed by atoms with E-state index in [9.17, 15) is 0 Å². The van der Waals surface area contributed by atoms with Crippen LogP contribution in [0.1, 0.15) is 24.8 Å². The number of nitrogen functional groups attached to an aromatic ring is 1. The van der Waals surface area contributed by atoms with Gasteiger partial charge in [0.05, 0.1) is 6.61 Å². The van der Waals surface area contributed by atoms with Gasteiger partial charge in [-0.1, -0.05) is 0 Å². The van der Waals surface area contributed by atoms with Crippen LogP contribution < -0.4 is 16.2 Å². The molecule has 4 nitrogen and oxygen atoms in total. The lowest BCUT2D eigenvalue weighted by atomic mass is 10.2. The summed E-state index contributed by atoms with van der Waals surface area (Å²) in [5.41, 5.74) is 11.5. The summed E-state index contributed by atoms with van der Waals surface area (Å²) >= 11 is 0. The van der Waals surface area contributed by atoms with Gasteiger partial charge in [-0.15, -0.1) is 0 Å². The van der Waals surface area contributed by atoms with Crippen LogP contribution in [0.4, 0.5) is 0 Å². The summed E-state index contributed by atoms with van der Waals surface area (Å²) < 4.78 is 5.54. The molecular weight excluding hydrogens is 202 g/mol. The molecule has 0 saturated heterocycles. The van der Waals surface area contributed by atoms with Gasteiger partial charge in [0.15, 0.2) is 0 Å². The summed E-state index contributed by atoms with van der Waals surface area (Å²) in [4.78, 5) is 0. The van der Waals surface area contributed by atoms with E-state index >= 15 is 0 Å². The van der Waals surface area contributed by atoms with E-state index in [4.69, 9.17) is 21.6 Å². The number of nitrogens with one attached hydrogen (secondary N) is 1. The molecule has 0 amide bonds. The van der Waals surface area contributed by atoms with Crippen LogP contribution in [0.2, 0.25) is 0 Å². The van der Waals surface area contributed by atoms with Crippen LogP contribution in [0.3, 0.4) is 0 Å². The first-order valence-electron chi connectivity index (χ1n) is 5.51. The maximum atomic E-state index is 7.25. The fraction of sp³-hybridized carbons (Fsp3) is 0.417. The molecule has 0 aliphatic rings. The molecular formula is C12H19N3O. The van der Waals surface area contributed by atoms with Crippen molar-refractivity contribution < 1.29 is 4.74 Å². The van der Waals surface area contributed by atoms with Crippen molar-refractivity contribution in [1.29, 1.82) is 5.41 Å². The molecule has 0 aliphatic carbocycles. The minimum absolute atomic E-state index is 0.0782. The zero-order valence-electron chi connectivity index (χ0n) is 9.41. The molecule has 0 aromatic heterocycles. The van der Waals surface area contributed by atoms with Crippen LogP contribution in [-0.4, -0.2) is 19.0 Å². The van der Waals surface area contributed by atoms with Crippen LogP contribution in [0.15, 0.2) is 24.3 Å². The van der Waals surface area contributed by atoms with Crippen LogP contribution in [-0.2, 0) is 0 Å². The predicted molar refractivity (Wildman–Crippen MR) is 65.9 cm³/mol. The van der Waals surface area contributed by atoms with Gasteiger partial charge in [-0.2, -0.15) is 0 Å². The third-order valence-electron chi connectivity index (χ3n) is 2.28. The number of unbranched alkanes of at least 4 members (excludes halogenated alkanes) is 2. The van der Waals surface area contributed by atoms with Crippen molar-refractivity contribution >= 4 is 5.84 Å². The van der Waals surface area contributed by atoms with Gasteiger partial charge in [-0.25, -0.2) is 0 Å². The summed E-state index contributed by atoms with van der Waals surface area (Å²) in [7, 11) is 0. The lowest BCUT2D eigenvalue weighted by Gasteiger charge is -2.06. The minimum Gasteiger partial charge on any atom is -0.494 e. The van der Waals surface area contributed by atoms with Gasteiger partial charge >= 0.3 is 0 Å². The SMILES string of the molecule is N=C(N)c1ccc(OCCCCCN)cc1. The van der Waals surface area contributed by atoms with Crippen LogP contribution in [0.5, 0.6) is 5.75 Å². The van der Waals surface area contributed by atoms with Crippen molar-refractivity contribution in [2.45, 2.75) is 19.3 Å². The smallest absolute Gasteiger partial charge is 0.122 e. The van der Waals surface area contributed by atoms with Crippen molar-refractivity contribution in [1.82, 2.24) is 0 Å². The fourth-order valence-electron chi connectivity index (χ4n) is 1.34. The van der Waals surface area contributed by atoms with E-state index in [1.807, 2.05) is 12.1 Å². The van der Waals surface area contributed by atoms with Gasteiger partial charge in [0.25, 0.3) is 0 Å². The lowest BCUT2D eigenvalue weighted by Crippen LogP contribution is -2.10. The summed E-state index contributed by atoms with van der Waals surface area (Å²) in [6, 6.07) is 7.24. The average molecular weight is 221 g/mol. The quantitative estimate of drug-likeness (QED) is 0.370. The van der Waals surface area contributed by atoms with Gasteiger partial charge < -0.3 is 16.2 Å². The van der Waals surface area contributed by atoms with Gasteiger partial charge in [0, 0.05) is 5.56 Å². The Balaban J connectivity index is 2.29. The molecule has 1 rings (SSSR count). The molecule has 0 bridgehead atoms. The minimum atomic E-state index is 0.0782. The number of hydrogen-bond donors (Lipinski definition) is 3. The van der Waals surface area contributed by atoms with E-state index in [-0.39, 0.29) is 5.84 Å². The molecule has 4 heteroatoms. The lowest BCUT2D eigenvalue weighted by molar-refractivity contribution is 0.305. The van der Waals surface area contributed by atoms with Crippen LogP contribution in [0, 0.1) is 5.41 Å². The summed E-state index contributed by atoms with van der Waals surface area (Å²) in [6.45, 7) is 1.45. The van der Waals surface area contributed by atoms with E-state index in [1.54, 1.807) is 12.1 Å². The first-order chi connectivity index (χ1) is 7.74. The monoisotopic (exact) mass is 221 g/mol.